The van der Waals surface area contributed by atoms with Gasteiger partial charge in [-0.15, -0.1) is 11.3 Å². The van der Waals surface area contributed by atoms with Gasteiger partial charge in [-0.1, -0.05) is 66.7 Å². The van der Waals surface area contributed by atoms with Gasteiger partial charge in [0.1, 0.15) is 0 Å². The lowest BCUT2D eigenvalue weighted by Gasteiger charge is -2.10. The SMILES string of the molecule is N#Cc1ccc2sc3ccc(-c4nc(-c5ccccc5)nc(-c5ccc6c(c5)c5ccccc5n6-c5ccccc5)n4)cc3c2c1. The third kappa shape index (κ3) is 4.26. The van der Waals surface area contributed by atoms with Crippen molar-refractivity contribution in [3.63, 3.8) is 0 Å². The normalized spacial score (nSPS) is 11.5. The van der Waals surface area contributed by atoms with Gasteiger partial charge in [0, 0.05) is 53.3 Å². The summed E-state index contributed by atoms with van der Waals surface area (Å²) in [6, 6.07) is 50.0. The first kappa shape index (κ1) is 26.3. The summed E-state index contributed by atoms with van der Waals surface area (Å²) in [5, 5.41) is 14.0. The van der Waals surface area contributed by atoms with E-state index in [1.807, 2.05) is 54.6 Å². The van der Waals surface area contributed by atoms with E-state index in [4.69, 9.17) is 15.0 Å². The van der Waals surface area contributed by atoms with Gasteiger partial charge in [-0.25, -0.2) is 15.0 Å². The van der Waals surface area contributed by atoms with Crippen molar-refractivity contribution in [1.29, 1.82) is 5.26 Å². The lowest BCUT2D eigenvalue weighted by atomic mass is 10.1. The standard InChI is InChI=1S/C40H23N5S/c41-24-25-15-19-36-32(21-25)33-23-28(17-20-37(33)46-36)40-43-38(26-9-3-1-4-10-26)42-39(44-40)27-16-18-35-31(22-27)30-13-7-8-14-34(30)45(35)29-11-5-2-6-12-29/h1-23H. The van der Waals surface area contributed by atoms with Crippen molar-refractivity contribution >= 4 is 53.3 Å². The average molecular weight is 606 g/mol. The number of fused-ring (bicyclic) bond motifs is 6. The molecule has 0 aliphatic carbocycles. The van der Waals surface area contributed by atoms with E-state index < -0.39 is 0 Å². The van der Waals surface area contributed by atoms with Crippen LogP contribution in [0.1, 0.15) is 5.56 Å². The van der Waals surface area contributed by atoms with Crippen molar-refractivity contribution in [2.24, 2.45) is 0 Å². The predicted octanol–water partition coefficient (Wildman–Crippen LogP) is 10.2. The van der Waals surface area contributed by atoms with E-state index in [1.165, 1.54) is 5.39 Å². The molecular weight excluding hydrogens is 583 g/mol. The Morgan fingerprint density at radius 3 is 1.78 bits per heavy atom. The molecule has 0 N–H and O–H groups in total. The molecular formula is C40H23N5S. The largest absolute Gasteiger partial charge is 0.309 e. The van der Waals surface area contributed by atoms with Crippen molar-refractivity contribution in [3.05, 3.63) is 145 Å². The Labute approximate surface area is 268 Å². The van der Waals surface area contributed by atoms with Gasteiger partial charge in [0.15, 0.2) is 17.5 Å². The Balaban J connectivity index is 1.26. The van der Waals surface area contributed by atoms with Crippen LogP contribution in [0.4, 0.5) is 0 Å². The number of nitriles is 1. The Bertz CT molecular complexity index is 2650. The second kappa shape index (κ2) is 10.5. The minimum Gasteiger partial charge on any atom is -0.309 e. The monoisotopic (exact) mass is 605 g/mol. The summed E-state index contributed by atoms with van der Waals surface area (Å²) < 4.78 is 4.61. The van der Waals surface area contributed by atoms with E-state index in [2.05, 4.69) is 95.6 Å². The first-order chi connectivity index (χ1) is 22.7. The summed E-state index contributed by atoms with van der Waals surface area (Å²) >= 11 is 1.72. The predicted molar refractivity (Wildman–Crippen MR) is 188 cm³/mol. The highest BCUT2D eigenvalue weighted by Gasteiger charge is 2.17. The number of benzene rings is 6. The average Bonchev–Trinajstić information content (AvgIpc) is 3.66. The summed E-state index contributed by atoms with van der Waals surface area (Å²) in [6.45, 7) is 0. The molecule has 0 saturated carbocycles. The van der Waals surface area contributed by atoms with E-state index in [0.717, 1.165) is 59.0 Å². The molecule has 9 aromatic rings. The van der Waals surface area contributed by atoms with Crippen LogP contribution in [0.2, 0.25) is 0 Å². The number of hydrogen-bond acceptors (Lipinski definition) is 5. The van der Waals surface area contributed by atoms with Gasteiger partial charge in [-0.3, -0.25) is 0 Å². The van der Waals surface area contributed by atoms with Gasteiger partial charge in [-0.05, 0) is 72.8 Å². The molecule has 3 heterocycles. The number of hydrogen-bond donors (Lipinski definition) is 0. The van der Waals surface area contributed by atoms with Crippen molar-refractivity contribution in [1.82, 2.24) is 19.5 Å². The second-order valence-corrected chi connectivity index (χ2v) is 12.3. The van der Waals surface area contributed by atoms with E-state index in [1.54, 1.807) is 11.3 Å². The van der Waals surface area contributed by atoms with Crippen LogP contribution in [0.15, 0.2) is 140 Å². The third-order valence-electron chi connectivity index (χ3n) is 8.47. The molecule has 0 aliphatic rings. The number of thiophene rings is 1. The Morgan fingerprint density at radius 1 is 0.478 bits per heavy atom. The molecule has 46 heavy (non-hydrogen) atoms. The maximum atomic E-state index is 9.53. The van der Waals surface area contributed by atoms with Crippen molar-refractivity contribution < 1.29 is 0 Å². The maximum Gasteiger partial charge on any atom is 0.164 e. The van der Waals surface area contributed by atoms with E-state index >= 15 is 0 Å². The molecule has 6 heteroatoms. The lowest BCUT2D eigenvalue weighted by Crippen LogP contribution is -2.00. The third-order valence-corrected chi connectivity index (χ3v) is 9.62. The van der Waals surface area contributed by atoms with Crippen LogP contribution in [0, 0.1) is 11.3 Å². The van der Waals surface area contributed by atoms with Crippen molar-refractivity contribution in [2.75, 3.05) is 0 Å². The molecule has 0 fully saturated rings. The highest BCUT2D eigenvalue weighted by Crippen LogP contribution is 2.38. The minimum atomic E-state index is 0.605. The number of aromatic nitrogens is 4. The van der Waals surface area contributed by atoms with Gasteiger partial charge in [-0.2, -0.15) is 5.26 Å². The number of nitrogens with zero attached hydrogens (tertiary/aromatic N) is 5. The smallest absolute Gasteiger partial charge is 0.164 e. The zero-order valence-electron chi connectivity index (χ0n) is 24.4. The zero-order chi connectivity index (χ0) is 30.6. The van der Waals surface area contributed by atoms with Crippen LogP contribution in [0.5, 0.6) is 0 Å². The molecule has 0 spiro atoms. The molecule has 6 aromatic carbocycles. The summed E-state index contributed by atoms with van der Waals surface area (Å²) in [4.78, 5) is 15.1. The fourth-order valence-corrected chi connectivity index (χ4v) is 7.37. The van der Waals surface area contributed by atoms with Gasteiger partial charge in [0.2, 0.25) is 0 Å². The minimum absolute atomic E-state index is 0.605. The Kier molecular flexibility index (Phi) is 5.98. The Hall–Kier alpha value is -6.16. The van der Waals surface area contributed by atoms with Crippen LogP contribution in [-0.2, 0) is 0 Å². The molecule has 9 rings (SSSR count). The maximum absolute atomic E-state index is 9.53. The molecule has 0 unspecified atom stereocenters. The number of para-hydroxylation sites is 2. The van der Waals surface area contributed by atoms with Crippen LogP contribution in [0.25, 0.3) is 81.8 Å². The lowest BCUT2D eigenvalue weighted by molar-refractivity contribution is 1.07. The highest BCUT2D eigenvalue weighted by atomic mass is 32.1. The second-order valence-electron chi connectivity index (χ2n) is 11.2. The Morgan fingerprint density at radius 2 is 1.04 bits per heavy atom. The molecule has 214 valence electrons. The van der Waals surface area contributed by atoms with Crippen LogP contribution < -0.4 is 0 Å². The molecule has 0 amide bonds. The van der Waals surface area contributed by atoms with Gasteiger partial charge in [0.25, 0.3) is 0 Å². The quantitative estimate of drug-likeness (QED) is 0.200. The molecule has 0 bridgehead atoms. The summed E-state index contributed by atoms with van der Waals surface area (Å²) in [7, 11) is 0. The van der Waals surface area contributed by atoms with Gasteiger partial charge >= 0.3 is 0 Å². The van der Waals surface area contributed by atoms with Crippen molar-refractivity contribution in [2.45, 2.75) is 0 Å². The fourth-order valence-electron chi connectivity index (χ4n) is 6.30. The fraction of sp³-hybridized carbons (Fsp3) is 0. The van der Waals surface area contributed by atoms with E-state index in [0.29, 0.717) is 23.0 Å². The van der Waals surface area contributed by atoms with Gasteiger partial charge < -0.3 is 4.57 Å². The first-order valence-corrected chi connectivity index (χ1v) is 15.8. The first-order valence-electron chi connectivity index (χ1n) is 15.0. The molecule has 0 aliphatic heterocycles. The molecule has 0 saturated heterocycles. The number of rotatable bonds is 4. The highest BCUT2D eigenvalue weighted by molar-refractivity contribution is 7.25. The van der Waals surface area contributed by atoms with Crippen LogP contribution in [-0.4, -0.2) is 19.5 Å². The summed E-state index contributed by atoms with van der Waals surface area (Å²) in [5.74, 6) is 1.84. The van der Waals surface area contributed by atoms with Crippen molar-refractivity contribution in [3.8, 4) is 45.9 Å². The van der Waals surface area contributed by atoms with Crippen LogP contribution >= 0.6 is 11.3 Å². The summed E-state index contributed by atoms with van der Waals surface area (Å²) in [6.07, 6.45) is 0. The molecule has 5 nitrogen and oxygen atoms in total. The zero-order valence-corrected chi connectivity index (χ0v) is 25.2. The van der Waals surface area contributed by atoms with Gasteiger partial charge in [0.05, 0.1) is 22.7 Å². The van der Waals surface area contributed by atoms with E-state index in [9.17, 15) is 5.26 Å². The topological polar surface area (TPSA) is 67.4 Å². The summed E-state index contributed by atoms with van der Waals surface area (Å²) in [5.41, 5.74) is 6.79. The van der Waals surface area contributed by atoms with Crippen LogP contribution in [0.3, 0.4) is 0 Å². The molecule has 3 aromatic heterocycles. The molecule has 0 atom stereocenters. The van der Waals surface area contributed by atoms with E-state index in [-0.39, 0.29) is 0 Å². The molecule has 0 radical (unpaired) electrons.